The fourth-order valence-electron chi connectivity index (χ4n) is 4.51. The molecule has 4 N–H and O–H groups in total. The van der Waals surface area contributed by atoms with Crippen molar-refractivity contribution in [1.29, 1.82) is 0 Å². The highest BCUT2D eigenvalue weighted by Gasteiger charge is 2.16. The summed E-state index contributed by atoms with van der Waals surface area (Å²) in [5.74, 6) is 0.574. The number of pyridine rings is 1. The van der Waals surface area contributed by atoms with Gasteiger partial charge in [-0.1, -0.05) is 41.5 Å². The Morgan fingerprint density at radius 1 is 0.907 bits per heavy atom. The van der Waals surface area contributed by atoms with Crippen LogP contribution in [0.25, 0.3) is 11.0 Å². The minimum atomic E-state index is -1.12. The monoisotopic (exact) mass is 656 g/mol. The number of hydrogen-bond donors (Lipinski definition) is 4. The Labute approximate surface area is 261 Å². The van der Waals surface area contributed by atoms with Crippen molar-refractivity contribution < 1.29 is 14.7 Å². The minimum absolute atomic E-state index is 0.243. The summed E-state index contributed by atoms with van der Waals surface area (Å²) in [6.45, 7) is 8.07. The number of benzene rings is 3. The average Bonchev–Trinajstić information content (AvgIpc) is 2.96. The lowest BCUT2D eigenvalue weighted by molar-refractivity contribution is 0.102. The average molecular weight is 658 g/mol. The molecular weight excluding hydrogens is 628 g/mol. The van der Waals surface area contributed by atoms with Gasteiger partial charge in [-0.15, -0.1) is 0 Å². The molecular formula is C32H29BrN6O3S. The molecule has 0 saturated heterocycles. The molecule has 0 aliphatic carbocycles. The molecule has 2 heterocycles. The van der Waals surface area contributed by atoms with Gasteiger partial charge in [-0.25, -0.2) is 19.7 Å². The zero-order valence-electron chi connectivity index (χ0n) is 23.9. The van der Waals surface area contributed by atoms with E-state index in [2.05, 4.69) is 55.7 Å². The summed E-state index contributed by atoms with van der Waals surface area (Å²) in [6, 6.07) is 20.4. The number of carbonyl (C=O) groups is 2. The van der Waals surface area contributed by atoms with E-state index in [4.69, 9.17) is 10.1 Å². The number of carboxylic acid groups (broad SMARTS) is 1. The Balaban J connectivity index is 1.51. The van der Waals surface area contributed by atoms with Gasteiger partial charge < -0.3 is 15.7 Å². The molecule has 43 heavy (non-hydrogen) atoms. The molecule has 3 aromatic carbocycles. The van der Waals surface area contributed by atoms with Gasteiger partial charge in [0.15, 0.2) is 5.65 Å². The second-order valence-electron chi connectivity index (χ2n) is 10.2. The van der Waals surface area contributed by atoms with Crippen molar-refractivity contribution in [2.45, 2.75) is 43.4 Å². The summed E-state index contributed by atoms with van der Waals surface area (Å²) in [4.78, 5) is 39.8. The van der Waals surface area contributed by atoms with Crippen molar-refractivity contribution >= 4 is 73.6 Å². The Morgan fingerprint density at radius 2 is 1.63 bits per heavy atom. The molecule has 0 aliphatic rings. The van der Waals surface area contributed by atoms with E-state index in [0.29, 0.717) is 28.4 Å². The minimum Gasteiger partial charge on any atom is -0.465 e. The van der Waals surface area contributed by atoms with E-state index in [1.165, 1.54) is 18.1 Å². The first-order valence-electron chi connectivity index (χ1n) is 13.5. The second-order valence-corrected chi connectivity index (χ2v) is 12.3. The van der Waals surface area contributed by atoms with Gasteiger partial charge in [0.05, 0.1) is 11.1 Å². The molecule has 11 heteroatoms. The van der Waals surface area contributed by atoms with Crippen molar-refractivity contribution in [2.24, 2.45) is 0 Å². The van der Waals surface area contributed by atoms with Crippen molar-refractivity contribution in [2.75, 3.05) is 16.0 Å². The molecule has 0 unspecified atom stereocenters. The van der Waals surface area contributed by atoms with Gasteiger partial charge in [0.2, 0.25) is 0 Å². The molecule has 0 bridgehead atoms. The number of fused-ring (bicyclic) bond motifs is 1. The van der Waals surface area contributed by atoms with Gasteiger partial charge in [-0.3, -0.25) is 10.1 Å². The smallest absolute Gasteiger partial charge is 0.409 e. The molecule has 0 aliphatic heterocycles. The number of aryl methyl sites for hydroxylation is 2. The molecule has 2 aromatic heterocycles. The van der Waals surface area contributed by atoms with Crippen LogP contribution in [0.15, 0.2) is 87.3 Å². The molecule has 0 radical (unpaired) electrons. The van der Waals surface area contributed by atoms with Gasteiger partial charge in [0.25, 0.3) is 5.91 Å². The first-order valence-corrected chi connectivity index (χ1v) is 15.1. The van der Waals surface area contributed by atoms with E-state index in [0.717, 1.165) is 42.2 Å². The first kappa shape index (κ1) is 30.0. The molecule has 9 nitrogen and oxygen atoms in total. The molecule has 5 aromatic rings. The van der Waals surface area contributed by atoms with Crippen LogP contribution >= 0.6 is 27.7 Å². The first-order chi connectivity index (χ1) is 20.6. The van der Waals surface area contributed by atoms with Crippen LogP contribution in [0.2, 0.25) is 0 Å². The lowest BCUT2D eigenvalue weighted by Gasteiger charge is -2.16. The number of amides is 2. The van der Waals surface area contributed by atoms with Crippen LogP contribution < -0.4 is 16.0 Å². The third kappa shape index (κ3) is 7.12. The predicted molar refractivity (Wildman–Crippen MR) is 175 cm³/mol. The highest BCUT2D eigenvalue weighted by atomic mass is 79.9. The number of rotatable bonds is 8. The fourth-order valence-corrected chi connectivity index (χ4v) is 6.08. The van der Waals surface area contributed by atoms with E-state index < -0.39 is 6.09 Å². The Morgan fingerprint density at radius 3 is 2.30 bits per heavy atom. The maximum Gasteiger partial charge on any atom is 0.409 e. The van der Waals surface area contributed by atoms with Crippen molar-refractivity contribution in [1.82, 2.24) is 15.0 Å². The van der Waals surface area contributed by atoms with Crippen LogP contribution in [-0.2, 0) is 0 Å². The van der Waals surface area contributed by atoms with E-state index >= 15 is 0 Å². The van der Waals surface area contributed by atoms with Crippen LogP contribution in [0, 0.1) is 13.8 Å². The molecule has 0 atom stereocenters. The number of hydrogen-bond acceptors (Lipinski definition) is 7. The van der Waals surface area contributed by atoms with Crippen molar-refractivity contribution in [3.8, 4) is 0 Å². The molecule has 5 rings (SSSR count). The van der Waals surface area contributed by atoms with Gasteiger partial charge >= 0.3 is 6.09 Å². The maximum atomic E-state index is 13.5. The van der Waals surface area contributed by atoms with Gasteiger partial charge in [0.1, 0.15) is 12.1 Å². The summed E-state index contributed by atoms with van der Waals surface area (Å²) >= 11 is 4.98. The van der Waals surface area contributed by atoms with Crippen molar-refractivity contribution in [3.05, 3.63) is 99.9 Å². The Hall–Kier alpha value is -4.48. The summed E-state index contributed by atoms with van der Waals surface area (Å²) in [5.41, 5.74) is 5.79. The van der Waals surface area contributed by atoms with Crippen LogP contribution in [0.1, 0.15) is 46.9 Å². The fraction of sp³-hybridized carbons (Fsp3) is 0.156. The number of anilines is 4. The zero-order chi connectivity index (χ0) is 30.7. The largest absolute Gasteiger partial charge is 0.465 e. The predicted octanol–water partition coefficient (Wildman–Crippen LogP) is 8.76. The maximum absolute atomic E-state index is 13.5. The third-order valence-electron chi connectivity index (χ3n) is 6.67. The summed E-state index contributed by atoms with van der Waals surface area (Å²) in [7, 11) is 0. The molecule has 0 fully saturated rings. The normalized spacial score (nSPS) is 11.0. The van der Waals surface area contributed by atoms with Gasteiger partial charge in [-0.05, 0) is 97.6 Å². The van der Waals surface area contributed by atoms with Crippen LogP contribution in [0.4, 0.5) is 27.7 Å². The number of aromatic nitrogens is 3. The zero-order valence-corrected chi connectivity index (χ0v) is 26.3. The molecule has 218 valence electrons. The highest BCUT2D eigenvalue weighted by Crippen LogP contribution is 2.37. The molecule has 0 spiro atoms. The van der Waals surface area contributed by atoms with Gasteiger partial charge in [0, 0.05) is 36.9 Å². The highest BCUT2D eigenvalue weighted by molar-refractivity contribution is 9.10. The van der Waals surface area contributed by atoms with E-state index in [9.17, 15) is 9.59 Å². The Kier molecular flexibility index (Phi) is 8.93. The topological polar surface area (TPSA) is 129 Å². The van der Waals surface area contributed by atoms with Crippen molar-refractivity contribution in [3.63, 3.8) is 0 Å². The lowest BCUT2D eigenvalue weighted by Crippen LogP contribution is -2.14. The van der Waals surface area contributed by atoms with Gasteiger partial charge in [-0.2, -0.15) is 0 Å². The molecule has 0 saturated carbocycles. The van der Waals surface area contributed by atoms with Crippen LogP contribution in [0.3, 0.4) is 0 Å². The Bertz CT molecular complexity index is 1820. The van der Waals surface area contributed by atoms with Crippen LogP contribution in [0.5, 0.6) is 0 Å². The number of nitrogens with zero attached hydrogens (tertiary/aromatic N) is 3. The summed E-state index contributed by atoms with van der Waals surface area (Å²) < 4.78 is 0.951. The second kappa shape index (κ2) is 12.8. The SMILES string of the molecule is Cc1cc(Br)cc(C)c1NC(=O)c1ccc(Sc2ccc(NC(=O)O)cc2)c(Nc2ncnc3nc(C(C)C)ccc23)c1. The standard InChI is InChI=1S/C32H29BrN6O3S/c1-17(2)25-11-10-24-29(37-25)34-16-35-30(24)38-26-15-20(31(40)39-28-18(3)13-21(33)14-19(28)4)5-12-27(26)43-23-8-6-22(7-9-23)36-32(41)42/h5-17,36H,1-4H3,(H,39,40)(H,41,42)(H,34,35,37,38). The lowest BCUT2D eigenvalue weighted by atomic mass is 10.1. The third-order valence-corrected chi connectivity index (χ3v) is 8.22. The number of nitrogens with one attached hydrogen (secondary N) is 3. The van der Waals surface area contributed by atoms with E-state index in [-0.39, 0.29) is 11.8 Å². The van der Waals surface area contributed by atoms with Crippen LogP contribution in [-0.4, -0.2) is 32.1 Å². The number of halogens is 1. The quantitative estimate of drug-likeness (QED) is 0.130. The summed E-state index contributed by atoms with van der Waals surface area (Å²) in [6.07, 6.45) is 0.347. The number of carbonyl (C=O) groups excluding carboxylic acids is 1. The van der Waals surface area contributed by atoms with E-state index in [1.54, 1.807) is 24.3 Å². The van der Waals surface area contributed by atoms with E-state index in [1.807, 2.05) is 56.3 Å². The summed E-state index contributed by atoms with van der Waals surface area (Å²) in [5, 5.41) is 18.6. The molecule has 2 amide bonds.